The molecule has 59 valence electrons. The second-order valence-electron chi connectivity index (χ2n) is 2.27. The Morgan fingerprint density at radius 2 is 1.91 bits per heavy atom. The Hall–Kier alpha value is -0.703. The maximum Gasteiger partial charge on any atom is 0.511 e. The lowest BCUT2D eigenvalue weighted by atomic mass is 10.2. The van der Waals surface area contributed by atoms with Crippen LogP contribution in [0.25, 0.3) is 0 Å². The van der Waals surface area contributed by atoms with Gasteiger partial charge in [0, 0.05) is 5.19 Å². The lowest BCUT2D eigenvalue weighted by molar-refractivity contribution is 0.684. The molecule has 0 saturated carbocycles. The fourth-order valence-corrected chi connectivity index (χ4v) is 1.74. The van der Waals surface area contributed by atoms with E-state index in [-0.39, 0.29) is 5.19 Å². The summed E-state index contributed by atoms with van der Waals surface area (Å²) in [4.78, 5) is 0. The van der Waals surface area contributed by atoms with Gasteiger partial charge in [-0.2, -0.15) is 0 Å². The van der Waals surface area contributed by atoms with Gasteiger partial charge in [-0.3, -0.25) is 8.22 Å². The molecule has 0 atom stereocenters. The van der Waals surface area contributed by atoms with Gasteiger partial charge < -0.3 is 0 Å². The van der Waals surface area contributed by atoms with Crippen molar-refractivity contribution >= 4 is 14.7 Å². The van der Waals surface area contributed by atoms with E-state index >= 15 is 0 Å². The Morgan fingerprint density at radius 1 is 1.27 bits per heavy atom. The first-order valence-electron chi connectivity index (χ1n) is 3.52. The van der Waals surface area contributed by atoms with Crippen molar-refractivity contribution in [1.29, 1.82) is 0 Å². The van der Waals surface area contributed by atoms with Crippen molar-refractivity contribution in [3.63, 3.8) is 0 Å². The summed E-state index contributed by atoms with van der Waals surface area (Å²) in [5.74, 6) is 0. The minimum Gasteiger partial charge on any atom is -0.262 e. The molecule has 0 heterocycles. The predicted octanol–water partition coefficient (Wildman–Crippen LogP) is 1.88. The molecule has 0 aromatic heterocycles. The number of halogens is 2. The molecule has 0 aliphatic carbocycles. The van der Waals surface area contributed by atoms with Crippen LogP contribution in [0.4, 0.5) is 8.22 Å². The topological polar surface area (TPSA) is 0 Å². The number of rotatable bonds is 2. The van der Waals surface area contributed by atoms with E-state index in [0.29, 0.717) is 6.42 Å². The molecule has 0 N–H and O–H groups in total. The van der Waals surface area contributed by atoms with Crippen LogP contribution in [0, 0.1) is 0 Å². The number of aryl methyl sites for hydroxylation is 1. The number of hydrogen-bond acceptors (Lipinski definition) is 0. The zero-order valence-electron chi connectivity index (χ0n) is 6.27. The normalized spacial score (nSPS) is 10.5. The molecule has 0 nitrogen and oxygen atoms in total. The molecule has 11 heavy (non-hydrogen) atoms. The first kappa shape index (κ1) is 8.39. The molecular formula is C8H9F2Si. The molecule has 3 heteroatoms. The number of benzene rings is 1. The molecule has 0 aliphatic heterocycles. The van der Waals surface area contributed by atoms with Crippen molar-refractivity contribution in [2.75, 3.05) is 0 Å². The van der Waals surface area contributed by atoms with Crippen molar-refractivity contribution in [1.82, 2.24) is 0 Å². The molecule has 0 saturated heterocycles. The summed E-state index contributed by atoms with van der Waals surface area (Å²) in [6.45, 7) is 1.89. The van der Waals surface area contributed by atoms with Crippen LogP contribution < -0.4 is 5.19 Å². The lowest BCUT2D eigenvalue weighted by Crippen LogP contribution is -2.24. The zero-order chi connectivity index (χ0) is 8.27. The molecule has 0 amide bonds. The van der Waals surface area contributed by atoms with E-state index in [4.69, 9.17) is 0 Å². The third-order valence-corrected chi connectivity index (χ3v) is 2.50. The Labute approximate surface area is 66.8 Å². The summed E-state index contributed by atoms with van der Waals surface area (Å²) in [5, 5.41) is 0.264. The highest BCUT2D eigenvalue weighted by Crippen LogP contribution is 2.00. The molecule has 1 rings (SSSR count). The minimum absolute atomic E-state index is 0.264. The van der Waals surface area contributed by atoms with E-state index in [0.717, 1.165) is 5.56 Å². The van der Waals surface area contributed by atoms with E-state index in [1.54, 1.807) is 18.2 Å². The van der Waals surface area contributed by atoms with Crippen LogP contribution in [0.1, 0.15) is 12.5 Å². The maximum absolute atomic E-state index is 12.3. The van der Waals surface area contributed by atoms with Crippen LogP contribution in [-0.2, 0) is 6.42 Å². The Morgan fingerprint density at radius 3 is 2.36 bits per heavy atom. The highest BCUT2D eigenvalue weighted by atomic mass is 28.4. The zero-order valence-corrected chi connectivity index (χ0v) is 7.27. The molecular weight excluding hydrogens is 162 g/mol. The van der Waals surface area contributed by atoms with Gasteiger partial charge in [-0.1, -0.05) is 31.2 Å². The summed E-state index contributed by atoms with van der Waals surface area (Å²) in [7, 11) is -3.25. The Bertz CT molecular complexity index is 235. The fraction of sp³-hybridized carbons (Fsp3) is 0.250. The molecule has 1 radical (unpaired) electrons. The van der Waals surface area contributed by atoms with Gasteiger partial charge in [-0.05, 0) is 12.0 Å². The minimum atomic E-state index is -3.25. The van der Waals surface area contributed by atoms with Gasteiger partial charge in [0.2, 0.25) is 0 Å². The van der Waals surface area contributed by atoms with Gasteiger partial charge in [-0.25, -0.2) is 0 Å². The first-order valence-corrected chi connectivity index (χ1v) is 4.77. The van der Waals surface area contributed by atoms with Crippen molar-refractivity contribution in [2.24, 2.45) is 0 Å². The largest absolute Gasteiger partial charge is 0.511 e. The predicted molar refractivity (Wildman–Crippen MR) is 43.4 cm³/mol. The van der Waals surface area contributed by atoms with E-state index in [9.17, 15) is 8.22 Å². The summed E-state index contributed by atoms with van der Waals surface area (Å²) in [6, 6.07) is 6.75. The quantitative estimate of drug-likeness (QED) is 0.471. The van der Waals surface area contributed by atoms with Gasteiger partial charge in [0.05, 0.1) is 0 Å². The van der Waals surface area contributed by atoms with Gasteiger partial charge >= 0.3 is 9.46 Å². The molecule has 0 bridgehead atoms. The maximum atomic E-state index is 12.3. The molecule has 0 fully saturated rings. The van der Waals surface area contributed by atoms with Gasteiger partial charge in [-0.15, -0.1) is 0 Å². The lowest BCUT2D eigenvalue weighted by Gasteiger charge is -2.02. The third-order valence-electron chi connectivity index (χ3n) is 1.60. The standard InChI is InChI=1S/C8H9F2Si/c1-2-7-5-3-4-6-8(7)11(9)10/h3-6H,2H2,1H3. The second-order valence-corrected chi connectivity index (χ2v) is 3.33. The highest BCUT2D eigenvalue weighted by molar-refractivity contribution is 6.60. The molecule has 1 aromatic carbocycles. The Balaban J connectivity index is 3.02. The average Bonchev–Trinajstić information content (AvgIpc) is 2.04. The van der Waals surface area contributed by atoms with Gasteiger partial charge in [0.1, 0.15) is 0 Å². The highest BCUT2D eigenvalue weighted by Gasteiger charge is 2.16. The van der Waals surface area contributed by atoms with Crippen molar-refractivity contribution in [2.45, 2.75) is 13.3 Å². The fourth-order valence-electron chi connectivity index (χ4n) is 1.01. The van der Waals surface area contributed by atoms with E-state index < -0.39 is 9.46 Å². The van der Waals surface area contributed by atoms with Crippen LogP contribution in [-0.4, -0.2) is 9.46 Å². The van der Waals surface area contributed by atoms with Gasteiger partial charge in [0.25, 0.3) is 0 Å². The SMILES string of the molecule is CCc1ccccc1[Si](F)F. The summed E-state index contributed by atoms with van der Waals surface area (Å²) >= 11 is 0. The van der Waals surface area contributed by atoms with E-state index in [1.165, 1.54) is 6.07 Å². The van der Waals surface area contributed by atoms with Crippen LogP contribution in [0.3, 0.4) is 0 Å². The van der Waals surface area contributed by atoms with Crippen LogP contribution in [0.5, 0.6) is 0 Å². The van der Waals surface area contributed by atoms with Crippen molar-refractivity contribution < 1.29 is 8.22 Å². The molecule has 0 unspecified atom stereocenters. The van der Waals surface area contributed by atoms with Crippen LogP contribution in [0.2, 0.25) is 0 Å². The number of hydrogen-bond donors (Lipinski definition) is 0. The smallest absolute Gasteiger partial charge is 0.262 e. The van der Waals surface area contributed by atoms with Crippen molar-refractivity contribution in [3.05, 3.63) is 29.8 Å². The Kier molecular flexibility index (Phi) is 2.76. The van der Waals surface area contributed by atoms with E-state index in [1.807, 2.05) is 6.92 Å². The van der Waals surface area contributed by atoms with E-state index in [2.05, 4.69) is 0 Å². The monoisotopic (exact) mass is 171 g/mol. The van der Waals surface area contributed by atoms with Gasteiger partial charge in [0.15, 0.2) is 0 Å². The second kappa shape index (κ2) is 3.62. The van der Waals surface area contributed by atoms with Crippen molar-refractivity contribution in [3.8, 4) is 0 Å². The van der Waals surface area contributed by atoms with Crippen LogP contribution >= 0.6 is 0 Å². The first-order chi connectivity index (χ1) is 5.25. The average molecular weight is 171 g/mol. The molecule has 0 spiro atoms. The summed E-state index contributed by atoms with van der Waals surface area (Å²) in [6.07, 6.45) is 0.693. The third kappa shape index (κ3) is 1.86. The molecule has 0 aliphatic rings. The van der Waals surface area contributed by atoms with Crippen LogP contribution in [0.15, 0.2) is 24.3 Å². The summed E-state index contributed by atoms with van der Waals surface area (Å²) in [5.41, 5.74) is 0.784. The molecule has 1 aromatic rings. The summed E-state index contributed by atoms with van der Waals surface area (Å²) < 4.78 is 24.6.